The number of ether oxygens (including phenoxy) is 4. The molecule has 2 atom stereocenters. The van der Waals surface area contributed by atoms with Gasteiger partial charge in [0.25, 0.3) is 0 Å². The lowest BCUT2D eigenvalue weighted by atomic mass is 10.2. The van der Waals surface area contributed by atoms with E-state index in [2.05, 4.69) is 0 Å². The highest BCUT2D eigenvalue weighted by Crippen LogP contribution is 2.43. The zero-order valence-corrected chi connectivity index (χ0v) is 19.5. The van der Waals surface area contributed by atoms with E-state index in [1.807, 2.05) is 39.8 Å². The third-order valence-corrected chi connectivity index (χ3v) is 4.93. The molecule has 1 aromatic rings. The lowest BCUT2D eigenvalue weighted by molar-refractivity contribution is -0.106. The summed E-state index contributed by atoms with van der Waals surface area (Å²) < 4.78 is 31.8. The Hall–Kier alpha value is -0.570. The van der Waals surface area contributed by atoms with E-state index in [1.165, 1.54) is 0 Å². The van der Waals surface area contributed by atoms with Crippen molar-refractivity contribution in [2.24, 2.45) is 5.92 Å². The van der Waals surface area contributed by atoms with E-state index in [0.29, 0.717) is 19.0 Å². The first-order chi connectivity index (χ1) is 13.4. The second kappa shape index (κ2) is 16.3. The van der Waals surface area contributed by atoms with Gasteiger partial charge in [-0.1, -0.05) is 32.9 Å². The number of hydrogen-bond acceptors (Lipinski definition) is 7. The van der Waals surface area contributed by atoms with Crippen molar-refractivity contribution in [2.75, 3.05) is 47.3 Å². The van der Waals surface area contributed by atoms with Gasteiger partial charge in [0.1, 0.15) is 12.4 Å². The van der Waals surface area contributed by atoms with E-state index < -0.39 is 13.0 Å². The van der Waals surface area contributed by atoms with Gasteiger partial charge in [0.05, 0.1) is 19.8 Å². The third-order valence-electron chi connectivity index (χ3n) is 3.32. The molecule has 164 valence electrons. The van der Waals surface area contributed by atoms with Gasteiger partial charge in [-0.05, 0) is 30.9 Å². The van der Waals surface area contributed by atoms with Crippen molar-refractivity contribution in [2.45, 2.75) is 34.0 Å². The third kappa shape index (κ3) is 12.1. The topological polar surface area (TPSA) is 75.6 Å². The van der Waals surface area contributed by atoms with Crippen LogP contribution in [0.15, 0.2) is 24.3 Å². The molecule has 7 nitrogen and oxygen atoms in total. The lowest BCUT2D eigenvalue weighted by Crippen LogP contribution is -2.13. The zero-order valence-electron chi connectivity index (χ0n) is 17.8. The first kappa shape index (κ1) is 27.4. The molecule has 0 fully saturated rings. The summed E-state index contributed by atoms with van der Waals surface area (Å²) in [4.78, 5) is 10.00. The summed E-state index contributed by atoms with van der Waals surface area (Å²) in [5.74, 6) is 0.798. The maximum Gasteiger partial charge on any atom is 0.324 e. The summed E-state index contributed by atoms with van der Waals surface area (Å²) in [5.41, 5.74) is 0.888. The molecule has 0 aliphatic rings. The Kier molecular flexibility index (Phi) is 15.9. The maximum atomic E-state index is 10.00. The molecule has 0 saturated carbocycles. The number of benzene rings is 1. The molecule has 0 spiro atoms. The Morgan fingerprint density at radius 2 is 1.61 bits per heavy atom. The van der Waals surface area contributed by atoms with Gasteiger partial charge >= 0.3 is 6.72 Å². The van der Waals surface area contributed by atoms with Crippen molar-refractivity contribution < 1.29 is 32.9 Å². The van der Waals surface area contributed by atoms with Crippen LogP contribution in [0.5, 0.6) is 5.75 Å². The molecule has 0 heterocycles. The van der Waals surface area contributed by atoms with Gasteiger partial charge in [0.2, 0.25) is 0 Å². The molecule has 0 bridgehead atoms. The highest BCUT2D eigenvalue weighted by molar-refractivity contribution is 8.07. The average molecular weight is 439 g/mol. The minimum atomic E-state index is -3.26. The van der Waals surface area contributed by atoms with Crippen molar-refractivity contribution >= 4 is 18.5 Å². The summed E-state index contributed by atoms with van der Waals surface area (Å²) in [6.07, 6.45) is -0.408. The second-order valence-corrected chi connectivity index (χ2v) is 8.42. The Labute approximate surface area is 174 Å². The minimum Gasteiger partial charge on any atom is -0.491 e. The van der Waals surface area contributed by atoms with E-state index in [4.69, 9.17) is 39.8 Å². The molecule has 0 aliphatic carbocycles. The molecule has 1 rings (SSSR count). The summed E-state index contributed by atoms with van der Waals surface area (Å²) in [7, 11) is 3.16. The monoisotopic (exact) mass is 438 g/mol. The van der Waals surface area contributed by atoms with Crippen LogP contribution in [0, 0.1) is 5.92 Å². The van der Waals surface area contributed by atoms with Crippen LogP contribution in [0.25, 0.3) is 0 Å². The van der Waals surface area contributed by atoms with Crippen molar-refractivity contribution in [1.29, 1.82) is 0 Å². The highest BCUT2D eigenvalue weighted by Gasteiger charge is 2.17. The quantitative estimate of drug-likeness (QED) is 0.262. The van der Waals surface area contributed by atoms with Gasteiger partial charge in [0.15, 0.2) is 6.29 Å². The van der Waals surface area contributed by atoms with Crippen molar-refractivity contribution in [1.82, 2.24) is 0 Å². The first-order valence-corrected chi connectivity index (χ1v) is 12.0. The number of hydrogen-bond donors (Lipinski definition) is 1. The molecule has 0 aromatic heterocycles. The maximum absolute atomic E-state index is 10.00. The Bertz CT molecular complexity index is 538. The predicted molar refractivity (Wildman–Crippen MR) is 114 cm³/mol. The van der Waals surface area contributed by atoms with Crippen LogP contribution in [-0.2, 0) is 35.1 Å². The summed E-state index contributed by atoms with van der Waals surface area (Å²) >= 11 is 4.97. The smallest absolute Gasteiger partial charge is 0.324 e. The fourth-order valence-electron chi connectivity index (χ4n) is 2.03. The van der Waals surface area contributed by atoms with Crippen LogP contribution in [0.2, 0.25) is 0 Å². The van der Waals surface area contributed by atoms with E-state index in [1.54, 1.807) is 26.4 Å². The zero-order chi connectivity index (χ0) is 21.4. The predicted octanol–water partition coefficient (Wildman–Crippen LogP) is 4.31. The van der Waals surface area contributed by atoms with Gasteiger partial charge in [-0.15, -0.1) is 0 Å². The van der Waals surface area contributed by atoms with Crippen LogP contribution < -0.4 is 4.74 Å². The molecule has 0 saturated heterocycles. The standard InChI is InChI=1S/C17H29O7PS.C2H6/c1-5-21-12-14(2)13-24-25(18,26)23-11-10-22-16-8-6-15(7-9-16)17(19-3)20-4;1-2/h6-9,14,17H,5,10-13H2,1-4H3,(H,18,26);1-2H3. The number of rotatable bonds is 14. The average Bonchev–Trinajstić information content (AvgIpc) is 2.71. The molecule has 1 N–H and O–H groups in total. The summed E-state index contributed by atoms with van der Waals surface area (Å²) in [5, 5.41) is 0. The van der Waals surface area contributed by atoms with Crippen LogP contribution >= 0.6 is 6.72 Å². The second-order valence-electron chi connectivity index (χ2n) is 5.58. The fourth-order valence-corrected chi connectivity index (χ4v) is 3.26. The molecule has 0 amide bonds. The fraction of sp³-hybridized carbons (Fsp3) is 0.684. The van der Waals surface area contributed by atoms with Crippen molar-refractivity contribution in [3.63, 3.8) is 0 Å². The minimum absolute atomic E-state index is 0.130. The normalized spacial score (nSPS) is 14.1. The van der Waals surface area contributed by atoms with Crippen LogP contribution in [-0.4, -0.2) is 52.1 Å². The van der Waals surface area contributed by atoms with Gasteiger partial charge < -0.3 is 32.9 Å². The molecule has 28 heavy (non-hydrogen) atoms. The Morgan fingerprint density at radius 3 is 2.14 bits per heavy atom. The molecule has 9 heteroatoms. The van der Waals surface area contributed by atoms with Crippen LogP contribution in [0.1, 0.15) is 39.5 Å². The largest absolute Gasteiger partial charge is 0.491 e. The lowest BCUT2D eigenvalue weighted by Gasteiger charge is -2.19. The molecular formula is C19H35O7PS. The Morgan fingerprint density at radius 1 is 1.00 bits per heavy atom. The van der Waals surface area contributed by atoms with E-state index in [0.717, 1.165) is 5.56 Å². The van der Waals surface area contributed by atoms with Gasteiger partial charge in [-0.3, -0.25) is 0 Å². The van der Waals surface area contributed by atoms with Crippen molar-refractivity contribution in [3.8, 4) is 5.75 Å². The van der Waals surface area contributed by atoms with Gasteiger partial charge in [-0.2, -0.15) is 0 Å². The van der Waals surface area contributed by atoms with Gasteiger partial charge in [-0.25, -0.2) is 0 Å². The highest BCUT2D eigenvalue weighted by atomic mass is 32.5. The van der Waals surface area contributed by atoms with E-state index in [9.17, 15) is 4.89 Å². The summed E-state index contributed by atoms with van der Waals surface area (Å²) in [6, 6.07) is 7.32. The van der Waals surface area contributed by atoms with Crippen LogP contribution in [0.3, 0.4) is 0 Å². The van der Waals surface area contributed by atoms with E-state index >= 15 is 0 Å². The van der Waals surface area contributed by atoms with Crippen LogP contribution in [0.4, 0.5) is 0 Å². The Balaban J connectivity index is 0.00000352. The SMILES string of the molecule is CC.CCOCC(C)COP(O)(=S)OCCOc1ccc(C(OC)OC)cc1. The molecule has 2 unspecified atom stereocenters. The molecule has 0 aliphatic heterocycles. The first-order valence-electron chi connectivity index (χ1n) is 9.39. The van der Waals surface area contributed by atoms with E-state index in [-0.39, 0.29) is 25.7 Å². The van der Waals surface area contributed by atoms with Gasteiger partial charge in [0, 0.05) is 32.3 Å². The number of methoxy groups -OCH3 is 2. The molecular weight excluding hydrogens is 403 g/mol. The van der Waals surface area contributed by atoms with Crippen molar-refractivity contribution in [3.05, 3.63) is 29.8 Å². The molecule has 1 aromatic carbocycles. The summed E-state index contributed by atoms with van der Waals surface area (Å²) in [6.45, 7) is 6.48. The molecule has 0 radical (unpaired) electrons.